The molecule has 8 nitrogen and oxygen atoms in total. The van der Waals surface area contributed by atoms with Gasteiger partial charge in [-0.05, 0) is 42.0 Å². The number of anilines is 1. The SMILES string of the molecule is CON(C)S(=O)(=O)c1cccc(C(=O)Nc2nc(-c3ccc4c(c3)CCO4)cs2)c1. The van der Waals surface area contributed by atoms with Gasteiger partial charge in [-0.2, -0.15) is 0 Å². The van der Waals surface area contributed by atoms with Crippen LogP contribution in [-0.2, 0) is 21.3 Å². The summed E-state index contributed by atoms with van der Waals surface area (Å²) in [6.45, 7) is 0.687. The summed E-state index contributed by atoms with van der Waals surface area (Å²) in [5, 5.41) is 5.01. The molecule has 2 aromatic carbocycles. The van der Waals surface area contributed by atoms with Crippen LogP contribution >= 0.6 is 11.3 Å². The van der Waals surface area contributed by atoms with Gasteiger partial charge in [-0.3, -0.25) is 14.9 Å². The summed E-state index contributed by atoms with van der Waals surface area (Å²) in [6.07, 6.45) is 0.869. The number of hydrogen-bond acceptors (Lipinski definition) is 7. The molecule has 0 fully saturated rings. The van der Waals surface area contributed by atoms with Gasteiger partial charge in [-0.15, -0.1) is 11.3 Å². The fourth-order valence-corrected chi connectivity index (χ4v) is 4.76. The number of ether oxygens (including phenoxy) is 1. The molecule has 0 saturated carbocycles. The number of sulfonamides is 1. The molecule has 1 aliphatic rings. The van der Waals surface area contributed by atoms with E-state index in [0.717, 1.165) is 33.5 Å². The zero-order valence-electron chi connectivity index (χ0n) is 16.3. The standard InChI is InChI=1S/C20H19N3O5S2/c1-23(27-2)30(25,26)16-5-3-4-15(11-16)19(24)22-20-21-17(12-29-20)13-6-7-18-14(10-13)8-9-28-18/h3-7,10-12H,8-9H2,1-2H3,(H,21,22,24). The van der Waals surface area contributed by atoms with Crippen LogP contribution in [0.25, 0.3) is 11.3 Å². The first kappa shape index (κ1) is 20.5. The maximum Gasteiger partial charge on any atom is 0.264 e. The van der Waals surface area contributed by atoms with Gasteiger partial charge >= 0.3 is 0 Å². The van der Waals surface area contributed by atoms with Gasteiger partial charge < -0.3 is 4.74 Å². The van der Waals surface area contributed by atoms with Gasteiger partial charge in [0.05, 0.1) is 24.3 Å². The van der Waals surface area contributed by atoms with Crippen LogP contribution in [0.4, 0.5) is 5.13 Å². The average Bonchev–Trinajstić information content (AvgIpc) is 3.41. The first-order valence-electron chi connectivity index (χ1n) is 9.04. The Kier molecular flexibility index (Phi) is 5.56. The number of carbonyl (C=O) groups excluding carboxylic acids is 1. The number of hydroxylamine groups is 1. The largest absolute Gasteiger partial charge is 0.493 e. The van der Waals surface area contributed by atoms with Crippen LogP contribution in [0.2, 0.25) is 0 Å². The molecule has 3 aromatic rings. The topological polar surface area (TPSA) is 97.8 Å². The number of nitrogens with one attached hydrogen (secondary N) is 1. The van der Waals surface area contributed by atoms with Crippen LogP contribution in [0.1, 0.15) is 15.9 Å². The van der Waals surface area contributed by atoms with E-state index >= 15 is 0 Å². The number of nitrogens with zero attached hydrogens (tertiary/aromatic N) is 2. The number of hydrogen-bond donors (Lipinski definition) is 1. The van der Waals surface area contributed by atoms with Crippen molar-refractivity contribution in [3.05, 3.63) is 59.0 Å². The summed E-state index contributed by atoms with van der Waals surface area (Å²) in [4.78, 5) is 21.8. The predicted molar refractivity (Wildman–Crippen MR) is 113 cm³/mol. The van der Waals surface area contributed by atoms with E-state index in [1.165, 1.54) is 49.8 Å². The highest BCUT2D eigenvalue weighted by atomic mass is 32.2. The molecule has 0 spiro atoms. The summed E-state index contributed by atoms with van der Waals surface area (Å²) in [5.41, 5.74) is 3.05. The van der Waals surface area contributed by atoms with Gasteiger partial charge in [-0.1, -0.05) is 10.5 Å². The summed E-state index contributed by atoms with van der Waals surface area (Å²) in [7, 11) is -1.31. The molecule has 0 aliphatic carbocycles. The van der Waals surface area contributed by atoms with E-state index < -0.39 is 15.9 Å². The second-order valence-corrected chi connectivity index (χ2v) is 9.33. The molecule has 1 amide bonds. The van der Waals surface area contributed by atoms with Gasteiger partial charge in [0.1, 0.15) is 5.75 Å². The molecule has 10 heteroatoms. The number of thiazole rings is 1. The molecule has 0 atom stereocenters. The zero-order chi connectivity index (χ0) is 21.3. The van der Waals surface area contributed by atoms with Gasteiger partial charge in [0, 0.05) is 30.0 Å². The number of fused-ring (bicyclic) bond motifs is 1. The zero-order valence-corrected chi connectivity index (χ0v) is 17.9. The molecule has 0 unspecified atom stereocenters. The minimum Gasteiger partial charge on any atom is -0.493 e. The molecule has 1 aliphatic heterocycles. The number of amides is 1. The first-order valence-corrected chi connectivity index (χ1v) is 11.4. The Balaban J connectivity index is 1.52. The Morgan fingerprint density at radius 1 is 1.27 bits per heavy atom. The first-order chi connectivity index (χ1) is 14.4. The monoisotopic (exact) mass is 445 g/mol. The quantitative estimate of drug-likeness (QED) is 0.585. The Bertz CT molecular complexity index is 1210. The van der Waals surface area contributed by atoms with Crippen molar-refractivity contribution < 1.29 is 22.8 Å². The van der Waals surface area contributed by atoms with Crippen molar-refractivity contribution in [1.82, 2.24) is 9.45 Å². The summed E-state index contributed by atoms with van der Waals surface area (Å²) >= 11 is 1.30. The smallest absolute Gasteiger partial charge is 0.264 e. The van der Waals surface area contributed by atoms with Crippen molar-refractivity contribution >= 4 is 32.4 Å². The highest BCUT2D eigenvalue weighted by Gasteiger charge is 2.22. The van der Waals surface area contributed by atoms with Crippen molar-refractivity contribution in [2.75, 3.05) is 26.1 Å². The molecule has 0 saturated heterocycles. The molecule has 1 N–H and O–H groups in total. The van der Waals surface area contributed by atoms with Crippen LogP contribution in [0.15, 0.2) is 52.7 Å². The lowest BCUT2D eigenvalue weighted by atomic mass is 10.1. The van der Waals surface area contributed by atoms with E-state index in [4.69, 9.17) is 9.57 Å². The van der Waals surface area contributed by atoms with E-state index in [9.17, 15) is 13.2 Å². The predicted octanol–water partition coefficient (Wildman–Crippen LogP) is 3.18. The third kappa shape index (κ3) is 3.94. The molecule has 1 aromatic heterocycles. The maximum atomic E-state index is 12.6. The van der Waals surface area contributed by atoms with E-state index in [0.29, 0.717) is 11.7 Å². The van der Waals surface area contributed by atoms with E-state index in [1.807, 2.05) is 23.6 Å². The third-order valence-electron chi connectivity index (χ3n) is 4.70. The minimum atomic E-state index is -3.85. The lowest BCUT2D eigenvalue weighted by Gasteiger charge is -2.14. The Hall–Kier alpha value is -2.79. The van der Waals surface area contributed by atoms with Gasteiger partial charge in [0.15, 0.2) is 5.13 Å². The van der Waals surface area contributed by atoms with Crippen LogP contribution in [-0.4, -0.2) is 44.5 Å². The van der Waals surface area contributed by atoms with Crippen molar-refractivity contribution in [2.45, 2.75) is 11.3 Å². The van der Waals surface area contributed by atoms with Crippen LogP contribution < -0.4 is 10.1 Å². The van der Waals surface area contributed by atoms with Gasteiger partial charge in [0.2, 0.25) is 0 Å². The number of rotatable bonds is 6. The minimum absolute atomic E-state index is 0.0420. The Morgan fingerprint density at radius 2 is 2.10 bits per heavy atom. The number of carbonyl (C=O) groups is 1. The molecule has 4 rings (SSSR count). The molecular formula is C20H19N3O5S2. The highest BCUT2D eigenvalue weighted by Crippen LogP contribution is 2.32. The van der Waals surface area contributed by atoms with Gasteiger partial charge in [-0.25, -0.2) is 13.4 Å². The third-order valence-corrected chi connectivity index (χ3v) is 7.13. The van der Waals surface area contributed by atoms with Crippen molar-refractivity contribution in [2.24, 2.45) is 0 Å². The molecule has 0 bridgehead atoms. The maximum absolute atomic E-state index is 12.6. The second kappa shape index (κ2) is 8.15. The molecule has 30 heavy (non-hydrogen) atoms. The van der Waals surface area contributed by atoms with E-state index in [-0.39, 0.29) is 10.5 Å². The molecular weight excluding hydrogens is 426 g/mol. The lowest BCUT2D eigenvalue weighted by Crippen LogP contribution is -2.26. The second-order valence-electron chi connectivity index (χ2n) is 6.54. The number of benzene rings is 2. The van der Waals surface area contributed by atoms with Crippen LogP contribution in [0.5, 0.6) is 5.75 Å². The Morgan fingerprint density at radius 3 is 2.90 bits per heavy atom. The van der Waals surface area contributed by atoms with Crippen molar-refractivity contribution in [3.8, 4) is 17.0 Å². The van der Waals surface area contributed by atoms with Crippen molar-refractivity contribution in [1.29, 1.82) is 0 Å². The summed E-state index contributed by atoms with van der Waals surface area (Å²) in [5.74, 6) is 0.451. The lowest BCUT2D eigenvalue weighted by molar-refractivity contribution is -0.0258. The summed E-state index contributed by atoms with van der Waals surface area (Å²) < 4.78 is 31.0. The molecule has 0 radical (unpaired) electrons. The normalized spacial score (nSPS) is 13.2. The number of aromatic nitrogens is 1. The summed E-state index contributed by atoms with van der Waals surface area (Å²) in [6, 6.07) is 11.7. The Labute approximate surface area is 178 Å². The fourth-order valence-electron chi connectivity index (χ4n) is 3.02. The van der Waals surface area contributed by atoms with Crippen LogP contribution in [0, 0.1) is 0 Å². The van der Waals surface area contributed by atoms with Gasteiger partial charge in [0.25, 0.3) is 15.9 Å². The highest BCUT2D eigenvalue weighted by molar-refractivity contribution is 7.89. The van der Waals surface area contributed by atoms with E-state index in [1.54, 1.807) is 0 Å². The van der Waals surface area contributed by atoms with Crippen LogP contribution in [0.3, 0.4) is 0 Å². The molecule has 2 heterocycles. The van der Waals surface area contributed by atoms with Crippen molar-refractivity contribution in [3.63, 3.8) is 0 Å². The fraction of sp³-hybridized carbons (Fsp3) is 0.200. The average molecular weight is 446 g/mol. The van der Waals surface area contributed by atoms with E-state index in [2.05, 4.69) is 10.3 Å². The molecule has 156 valence electrons.